The molecule has 1 N–H and O–H groups in total. The zero-order valence-electron chi connectivity index (χ0n) is 18.4. The van der Waals surface area contributed by atoms with E-state index < -0.39 is 0 Å². The van der Waals surface area contributed by atoms with E-state index in [0.29, 0.717) is 11.1 Å². The van der Waals surface area contributed by atoms with Crippen LogP contribution in [0.4, 0.5) is 0 Å². The number of aromatic nitrogens is 2. The van der Waals surface area contributed by atoms with Gasteiger partial charge in [0.1, 0.15) is 5.75 Å². The first-order chi connectivity index (χ1) is 15.5. The van der Waals surface area contributed by atoms with Crippen molar-refractivity contribution in [3.05, 3.63) is 71.6 Å². The number of hydrogen-bond acceptors (Lipinski definition) is 7. The smallest absolute Gasteiger partial charge is 0.277 e. The number of hydrogen-bond donors (Lipinski definition) is 1. The van der Waals surface area contributed by atoms with Crippen LogP contribution in [0.1, 0.15) is 30.4 Å². The molecule has 0 aliphatic carbocycles. The van der Waals surface area contributed by atoms with Crippen LogP contribution < -0.4 is 10.1 Å². The topological polar surface area (TPSA) is 80.5 Å². The quantitative estimate of drug-likeness (QED) is 0.494. The molecule has 4 rings (SSSR count). The molecule has 1 aliphatic heterocycles. The summed E-state index contributed by atoms with van der Waals surface area (Å²) in [5.74, 6) is 1.11. The van der Waals surface area contributed by atoms with Crippen LogP contribution in [-0.4, -0.2) is 45.4 Å². The van der Waals surface area contributed by atoms with Gasteiger partial charge in [0.25, 0.3) is 11.1 Å². The van der Waals surface area contributed by atoms with Crippen LogP contribution in [-0.2, 0) is 17.9 Å². The number of thioether (sulfide) groups is 1. The number of nitrogens with zero attached hydrogens (tertiary/aromatic N) is 3. The molecule has 2 atom stereocenters. The molecule has 1 aliphatic rings. The number of likely N-dealkylation sites (tertiary alicyclic amines) is 1. The first-order valence-electron chi connectivity index (χ1n) is 10.8. The Morgan fingerprint density at radius 2 is 2.00 bits per heavy atom. The Hall–Kier alpha value is -2.84. The summed E-state index contributed by atoms with van der Waals surface area (Å²) in [6, 6.07) is 18.3. The molecular weight excluding hydrogens is 424 g/mol. The number of carbonyl (C=O) groups excluding carboxylic acids is 1. The number of nitrogens with one attached hydrogen (secondary N) is 1. The lowest BCUT2D eigenvalue weighted by Crippen LogP contribution is -2.40. The average Bonchev–Trinajstić information content (AvgIpc) is 3.43. The molecule has 168 valence electrons. The van der Waals surface area contributed by atoms with Crippen molar-refractivity contribution < 1.29 is 13.9 Å². The summed E-state index contributed by atoms with van der Waals surface area (Å²) < 4.78 is 11.3. The van der Waals surface area contributed by atoms with Gasteiger partial charge in [-0.1, -0.05) is 59.8 Å². The van der Waals surface area contributed by atoms with Crippen molar-refractivity contribution >= 4 is 17.7 Å². The third-order valence-electron chi connectivity index (χ3n) is 5.35. The molecule has 0 radical (unpaired) electrons. The largest absolute Gasteiger partial charge is 0.484 e. The van der Waals surface area contributed by atoms with Crippen molar-refractivity contribution in [3.8, 4) is 5.75 Å². The van der Waals surface area contributed by atoms with Gasteiger partial charge in [-0.25, -0.2) is 0 Å². The molecule has 7 nitrogen and oxygen atoms in total. The molecule has 1 amide bonds. The van der Waals surface area contributed by atoms with Crippen LogP contribution in [0.3, 0.4) is 0 Å². The van der Waals surface area contributed by atoms with E-state index in [4.69, 9.17) is 9.15 Å². The first kappa shape index (κ1) is 22.4. The van der Waals surface area contributed by atoms with Gasteiger partial charge in [0.2, 0.25) is 5.91 Å². The maximum atomic E-state index is 12.6. The van der Waals surface area contributed by atoms with Crippen LogP contribution in [0.25, 0.3) is 0 Å². The van der Waals surface area contributed by atoms with Crippen LogP contribution in [0.2, 0.25) is 0 Å². The Balaban J connectivity index is 1.20. The molecular formula is C24H28N4O3S. The predicted octanol–water partition coefficient (Wildman–Crippen LogP) is 3.83. The van der Waals surface area contributed by atoms with E-state index >= 15 is 0 Å². The second kappa shape index (κ2) is 10.7. The molecule has 0 saturated carbocycles. The normalized spacial score (nSPS) is 17.2. The summed E-state index contributed by atoms with van der Waals surface area (Å²) in [5.41, 5.74) is 2.46. The van der Waals surface area contributed by atoms with Crippen LogP contribution in [0.15, 0.2) is 64.2 Å². The van der Waals surface area contributed by atoms with Crippen molar-refractivity contribution in [3.63, 3.8) is 0 Å². The molecule has 1 fully saturated rings. The highest BCUT2D eigenvalue weighted by molar-refractivity contribution is 8.00. The lowest BCUT2D eigenvalue weighted by atomic mass is 10.2. The van der Waals surface area contributed by atoms with Crippen LogP contribution in [0, 0.1) is 6.92 Å². The standard InChI is InChI=1S/C24H28N4O3S/c1-17-8-10-21(11-9-17)30-16-22-26-27-24(31-22)32-18(2)23(29)25-20-12-13-28(15-20)14-19-6-4-3-5-7-19/h3-11,18,20H,12-16H2,1-2H3,(H,25,29)/t18-,20+/m0/s1. The highest BCUT2D eigenvalue weighted by atomic mass is 32.2. The van der Waals surface area contributed by atoms with Gasteiger partial charge in [0, 0.05) is 25.7 Å². The third-order valence-corrected chi connectivity index (χ3v) is 6.28. The number of benzene rings is 2. The molecule has 2 aromatic carbocycles. The zero-order chi connectivity index (χ0) is 22.3. The SMILES string of the molecule is Cc1ccc(OCc2nnc(S[C@@H](C)C(=O)N[C@@H]3CCN(Cc4ccccc4)C3)o2)cc1. The van der Waals surface area contributed by atoms with Gasteiger partial charge in [0.15, 0.2) is 6.61 Å². The molecule has 8 heteroatoms. The van der Waals surface area contributed by atoms with Crippen LogP contribution in [0.5, 0.6) is 5.75 Å². The van der Waals surface area contributed by atoms with Gasteiger partial charge >= 0.3 is 0 Å². The molecule has 0 bridgehead atoms. The minimum absolute atomic E-state index is 0.0165. The fraction of sp³-hybridized carbons (Fsp3) is 0.375. The summed E-state index contributed by atoms with van der Waals surface area (Å²) in [6.07, 6.45) is 0.955. The van der Waals surface area contributed by atoms with E-state index in [1.165, 1.54) is 22.9 Å². The maximum Gasteiger partial charge on any atom is 0.277 e. The fourth-order valence-corrected chi connectivity index (χ4v) is 4.29. The van der Waals surface area contributed by atoms with E-state index in [1.54, 1.807) is 0 Å². The fourth-order valence-electron chi connectivity index (χ4n) is 3.58. The summed E-state index contributed by atoms with van der Waals surface area (Å²) in [6.45, 7) is 6.82. The van der Waals surface area contributed by atoms with Crippen molar-refractivity contribution in [2.24, 2.45) is 0 Å². The molecule has 32 heavy (non-hydrogen) atoms. The Morgan fingerprint density at radius 1 is 1.22 bits per heavy atom. The van der Waals surface area contributed by atoms with Crippen molar-refractivity contribution in [2.45, 2.75) is 49.9 Å². The van der Waals surface area contributed by atoms with Gasteiger partial charge in [-0.05, 0) is 38.0 Å². The number of carbonyl (C=O) groups is 1. The minimum atomic E-state index is -0.329. The molecule has 0 spiro atoms. The maximum absolute atomic E-state index is 12.6. The first-order valence-corrected chi connectivity index (χ1v) is 11.7. The Morgan fingerprint density at radius 3 is 2.78 bits per heavy atom. The molecule has 2 heterocycles. The molecule has 1 saturated heterocycles. The molecule has 1 aromatic heterocycles. The van der Waals surface area contributed by atoms with Crippen molar-refractivity contribution in [2.75, 3.05) is 13.1 Å². The van der Waals surface area contributed by atoms with Crippen molar-refractivity contribution in [1.82, 2.24) is 20.4 Å². The monoisotopic (exact) mass is 452 g/mol. The summed E-state index contributed by atoms with van der Waals surface area (Å²) >= 11 is 1.26. The van der Waals surface area contributed by atoms with E-state index in [1.807, 2.05) is 44.2 Å². The van der Waals surface area contributed by atoms with Gasteiger partial charge < -0.3 is 14.5 Å². The van der Waals surface area contributed by atoms with E-state index in [0.717, 1.165) is 31.8 Å². The summed E-state index contributed by atoms with van der Waals surface area (Å²) in [4.78, 5) is 15.0. The Kier molecular flexibility index (Phi) is 7.44. The van der Waals surface area contributed by atoms with E-state index in [2.05, 4.69) is 44.7 Å². The highest BCUT2D eigenvalue weighted by Crippen LogP contribution is 2.23. The van der Waals surface area contributed by atoms with Gasteiger partial charge in [-0.2, -0.15) is 0 Å². The molecule has 3 aromatic rings. The lowest BCUT2D eigenvalue weighted by Gasteiger charge is -2.18. The lowest BCUT2D eigenvalue weighted by molar-refractivity contribution is -0.120. The van der Waals surface area contributed by atoms with Gasteiger partial charge in [-0.3, -0.25) is 9.69 Å². The highest BCUT2D eigenvalue weighted by Gasteiger charge is 2.26. The van der Waals surface area contributed by atoms with Crippen LogP contribution >= 0.6 is 11.8 Å². The number of amides is 1. The predicted molar refractivity (Wildman–Crippen MR) is 123 cm³/mol. The summed E-state index contributed by atoms with van der Waals surface area (Å²) in [7, 11) is 0. The van der Waals surface area contributed by atoms with Crippen molar-refractivity contribution in [1.29, 1.82) is 0 Å². The van der Waals surface area contributed by atoms with Gasteiger partial charge in [0.05, 0.1) is 5.25 Å². The Bertz CT molecular complexity index is 1010. The summed E-state index contributed by atoms with van der Waals surface area (Å²) in [5, 5.41) is 11.2. The number of ether oxygens (including phenoxy) is 1. The van der Waals surface area contributed by atoms with E-state index in [9.17, 15) is 4.79 Å². The number of aryl methyl sites for hydroxylation is 1. The average molecular weight is 453 g/mol. The van der Waals surface area contributed by atoms with Gasteiger partial charge in [-0.15, -0.1) is 10.2 Å². The minimum Gasteiger partial charge on any atom is -0.484 e. The third kappa shape index (κ3) is 6.34. The zero-order valence-corrected chi connectivity index (χ0v) is 19.2. The second-order valence-corrected chi connectivity index (χ2v) is 9.33. The Labute approximate surface area is 192 Å². The second-order valence-electron chi connectivity index (χ2n) is 8.04. The molecule has 0 unspecified atom stereocenters. The number of rotatable bonds is 9. The van der Waals surface area contributed by atoms with E-state index in [-0.39, 0.29) is 23.8 Å².